The minimum Gasteiger partial charge on any atom is -0.352 e. The Balaban J connectivity index is 2.56. The number of hydrogen-bond acceptors (Lipinski definition) is 6. The molecule has 0 amide bonds. The molecule has 0 spiro atoms. The average molecular weight is 311 g/mol. The normalized spacial score (nSPS) is 19.7. The van der Waals surface area contributed by atoms with Gasteiger partial charge in [-0.2, -0.15) is 17.0 Å². The SMILES string of the molecule is Cc1cc(N2CCSCC2S(C)(=O)=O)c(C#N)c(C)n1. The summed E-state index contributed by atoms with van der Waals surface area (Å²) in [6, 6.07) is 3.96. The zero-order valence-corrected chi connectivity index (χ0v) is 13.4. The van der Waals surface area contributed by atoms with E-state index >= 15 is 0 Å². The van der Waals surface area contributed by atoms with Gasteiger partial charge in [-0.1, -0.05) is 0 Å². The van der Waals surface area contributed by atoms with Crippen LogP contribution in [0.2, 0.25) is 0 Å². The number of thioether (sulfide) groups is 1. The molecule has 0 aliphatic carbocycles. The Labute approximate surface area is 123 Å². The summed E-state index contributed by atoms with van der Waals surface area (Å²) in [5.41, 5.74) is 2.60. The van der Waals surface area contributed by atoms with Gasteiger partial charge in [-0.3, -0.25) is 4.98 Å². The molecule has 5 nitrogen and oxygen atoms in total. The molecule has 0 aromatic carbocycles. The summed E-state index contributed by atoms with van der Waals surface area (Å²) in [4.78, 5) is 6.12. The van der Waals surface area contributed by atoms with Crippen molar-refractivity contribution in [1.29, 1.82) is 5.26 Å². The van der Waals surface area contributed by atoms with Gasteiger partial charge in [0.25, 0.3) is 0 Å². The van der Waals surface area contributed by atoms with Crippen LogP contribution in [0.25, 0.3) is 0 Å². The Morgan fingerprint density at radius 1 is 1.50 bits per heavy atom. The zero-order chi connectivity index (χ0) is 14.9. The van der Waals surface area contributed by atoms with E-state index in [1.807, 2.05) is 11.8 Å². The van der Waals surface area contributed by atoms with Crippen LogP contribution in [0.1, 0.15) is 17.0 Å². The number of sulfone groups is 1. The number of aryl methyl sites for hydroxylation is 2. The minimum absolute atomic E-state index is 0.469. The molecule has 1 aliphatic rings. The van der Waals surface area contributed by atoms with Crippen LogP contribution in [0.3, 0.4) is 0 Å². The summed E-state index contributed by atoms with van der Waals surface area (Å²) in [5.74, 6) is 1.39. The van der Waals surface area contributed by atoms with Crippen molar-refractivity contribution in [1.82, 2.24) is 4.98 Å². The van der Waals surface area contributed by atoms with E-state index in [-0.39, 0.29) is 0 Å². The first kappa shape index (κ1) is 15.1. The van der Waals surface area contributed by atoms with Crippen LogP contribution in [0.4, 0.5) is 5.69 Å². The largest absolute Gasteiger partial charge is 0.352 e. The number of nitrogens with zero attached hydrogens (tertiary/aromatic N) is 3. The summed E-state index contributed by atoms with van der Waals surface area (Å²) in [7, 11) is -3.20. The Kier molecular flexibility index (Phi) is 4.25. The molecule has 1 aliphatic heterocycles. The summed E-state index contributed by atoms with van der Waals surface area (Å²) in [5, 5.41) is 8.76. The van der Waals surface area contributed by atoms with Crippen LogP contribution >= 0.6 is 11.8 Å². The van der Waals surface area contributed by atoms with E-state index in [0.717, 1.165) is 11.4 Å². The lowest BCUT2D eigenvalue weighted by atomic mass is 10.1. The number of hydrogen-bond donors (Lipinski definition) is 0. The topological polar surface area (TPSA) is 74.1 Å². The van der Waals surface area contributed by atoms with Gasteiger partial charge in [-0.25, -0.2) is 8.42 Å². The smallest absolute Gasteiger partial charge is 0.169 e. The van der Waals surface area contributed by atoms with Gasteiger partial charge >= 0.3 is 0 Å². The van der Waals surface area contributed by atoms with Crippen molar-refractivity contribution in [2.45, 2.75) is 19.2 Å². The second-order valence-corrected chi connectivity index (χ2v) is 8.26. The summed E-state index contributed by atoms with van der Waals surface area (Å²) in [6.07, 6.45) is 1.25. The fourth-order valence-corrected chi connectivity index (χ4v) is 5.22. The third kappa shape index (κ3) is 2.91. The molecule has 0 saturated carbocycles. The first-order valence-electron chi connectivity index (χ1n) is 6.26. The quantitative estimate of drug-likeness (QED) is 0.824. The fourth-order valence-electron chi connectivity index (χ4n) is 2.38. The summed E-state index contributed by atoms with van der Waals surface area (Å²) >= 11 is 1.63. The Morgan fingerprint density at radius 3 is 2.80 bits per heavy atom. The molecular formula is C13H17N3O2S2. The molecule has 20 heavy (non-hydrogen) atoms. The third-order valence-electron chi connectivity index (χ3n) is 3.31. The monoisotopic (exact) mass is 311 g/mol. The van der Waals surface area contributed by atoms with Gasteiger partial charge in [0.05, 0.1) is 16.9 Å². The van der Waals surface area contributed by atoms with Crippen molar-refractivity contribution >= 4 is 27.3 Å². The molecule has 1 saturated heterocycles. The lowest BCUT2D eigenvalue weighted by molar-refractivity contribution is 0.584. The van der Waals surface area contributed by atoms with Crippen molar-refractivity contribution in [3.63, 3.8) is 0 Å². The maximum atomic E-state index is 12.0. The van der Waals surface area contributed by atoms with Crippen molar-refractivity contribution in [2.24, 2.45) is 0 Å². The van der Waals surface area contributed by atoms with Crippen molar-refractivity contribution in [3.05, 3.63) is 23.0 Å². The second-order valence-electron chi connectivity index (χ2n) is 4.91. The van der Waals surface area contributed by atoms with E-state index in [2.05, 4.69) is 11.1 Å². The lowest BCUT2D eigenvalue weighted by Crippen LogP contribution is -2.47. The van der Waals surface area contributed by atoms with Crippen LogP contribution in [-0.2, 0) is 9.84 Å². The van der Waals surface area contributed by atoms with Crippen molar-refractivity contribution in [2.75, 3.05) is 29.2 Å². The second kappa shape index (κ2) is 5.62. The van der Waals surface area contributed by atoms with Gasteiger partial charge in [0.15, 0.2) is 9.84 Å². The molecular weight excluding hydrogens is 294 g/mol. The van der Waals surface area contributed by atoms with Crippen LogP contribution in [0.5, 0.6) is 0 Å². The van der Waals surface area contributed by atoms with Gasteiger partial charge in [0, 0.05) is 30.0 Å². The number of pyridine rings is 1. The van der Waals surface area contributed by atoms with E-state index in [1.165, 1.54) is 6.26 Å². The van der Waals surface area contributed by atoms with Gasteiger partial charge in [-0.05, 0) is 19.9 Å². The zero-order valence-electron chi connectivity index (χ0n) is 11.8. The molecule has 1 unspecified atom stereocenters. The van der Waals surface area contributed by atoms with Gasteiger partial charge in [0.1, 0.15) is 11.4 Å². The van der Waals surface area contributed by atoms with E-state index in [1.54, 1.807) is 24.8 Å². The maximum Gasteiger partial charge on any atom is 0.169 e. The number of rotatable bonds is 2. The molecule has 0 bridgehead atoms. The molecule has 108 valence electrons. The third-order valence-corrected chi connectivity index (χ3v) is 5.95. The number of nitriles is 1. The molecule has 1 aromatic heterocycles. The summed E-state index contributed by atoms with van der Waals surface area (Å²) < 4.78 is 24.0. The molecule has 2 heterocycles. The predicted octanol–water partition coefficient (Wildman–Crippen LogP) is 1.49. The van der Waals surface area contributed by atoms with Crippen LogP contribution in [0, 0.1) is 25.2 Å². The van der Waals surface area contributed by atoms with Crippen LogP contribution in [-0.4, -0.2) is 43.1 Å². The molecule has 1 fully saturated rings. The van der Waals surface area contributed by atoms with Crippen molar-refractivity contribution in [3.8, 4) is 6.07 Å². The Bertz CT molecular complexity index is 665. The lowest BCUT2D eigenvalue weighted by Gasteiger charge is -2.36. The highest BCUT2D eigenvalue weighted by molar-refractivity contribution is 8.01. The minimum atomic E-state index is -3.20. The van der Waals surface area contributed by atoms with E-state index in [4.69, 9.17) is 0 Å². The molecule has 1 atom stereocenters. The first-order chi connectivity index (χ1) is 9.34. The standard InChI is InChI=1S/C13H17N3O2S2/c1-9-6-12(11(7-14)10(2)15-9)16-4-5-19-8-13(16)20(3,17)18/h6,13H,4-5,8H2,1-3H3. The predicted molar refractivity (Wildman–Crippen MR) is 81.7 cm³/mol. The van der Waals surface area contributed by atoms with E-state index < -0.39 is 15.2 Å². The highest BCUT2D eigenvalue weighted by Gasteiger charge is 2.32. The maximum absolute atomic E-state index is 12.0. The first-order valence-corrected chi connectivity index (χ1v) is 9.37. The summed E-state index contributed by atoms with van der Waals surface area (Å²) in [6.45, 7) is 4.26. The fraction of sp³-hybridized carbons (Fsp3) is 0.538. The average Bonchev–Trinajstić information content (AvgIpc) is 2.37. The van der Waals surface area contributed by atoms with Gasteiger partial charge in [0.2, 0.25) is 0 Å². The highest BCUT2D eigenvalue weighted by atomic mass is 32.2. The van der Waals surface area contributed by atoms with Gasteiger partial charge in [-0.15, -0.1) is 0 Å². The van der Waals surface area contributed by atoms with E-state index in [0.29, 0.717) is 29.2 Å². The Morgan fingerprint density at radius 2 is 2.20 bits per heavy atom. The highest BCUT2D eigenvalue weighted by Crippen LogP contribution is 2.30. The van der Waals surface area contributed by atoms with Crippen molar-refractivity contribution < 1.29 is 8.42 Å². The number of aromatic nitrogens is 1. The molecule has 7 heteroatoms. The van der Waals surface area contributed by atoms with Gasteiger partial charge < -0.3 is 4.90 Å². The van der Waals surface area contributed by atoms with E-state index in [9.17, 15) is 13.7 Å². The van der Waals surface area contributed by atoms with Crippen LogP contribution in [0.15, 0.2) is 6.07 Å². The molecule has 2 rings (SSSR count). The van der Waals surface area contributed by atoms with Crippen LogP contribution < -0.4 is 4.90 Å². The Hall–Kier alpha value is -1.26. The molecule has 1 aromatic rings. The number of anilines is 1. The molecule has 0 radical (unpaired) electrons. The molecule has 0 N–H and O–H groups in total.